The third-order valence-electron chi connectivity index (χ3n) is 3.29. The number of furan rings is 1. The molecule has 1 amide bonds. The SMILES string of the molecule is CN(C)C(=O)CN=C(NCCSc1ccccc1)NCc1ccco1. The molecule has 0 aliphatic rings. The highest BCUT2D eigenvalue weighted by molar-refractivity contribution is 7.99. The lowest BCUT2D eigenvalue weighted by Crippen LogP contribution is -2.39. The number of aliphatic imine (C=N–C) groups is 1. The zero-order valence-corrected chi connectivity index (χ0v) is 15.4. The summed E-state index contributed by atoms with van der Waals surface area (Å²) >= 11 is 1.77. The molecule has 0 saturated heterocycles. The molecule has 0 radical (unpaired) electrons. The topological polar surface area (TPSA) is 69.9 Å². The first-order valence-electron chi connectivity index (χ1n) is 8.07. The van der Waals surface area contributed by atoms with E-state index < -0.39 is 0 Å². The Balaban J connectivity index is 1.82. The van der Waals surface area contributed by atoms with Gasteiger partial charge in [0.1, 0.15) is 12.3 Å². The Morgan fingerprint density at radius 3 is 2.64 bits per heavy atom. The highest BCUT2D eigenvalue weighted by Gasteiger charge is 2.05. The zero-order valence-electron chi connectivity index (χ0n) is 14.6. The van der Waals surface area contributed by atoms with Crippen molar-refractivity contribution < 1.29 is 9.21 Å². The number of nitrogens with one attached hydrogen (secondary N) is 2. The number of hydrogen-bond donors (Lipinski definition) is 2. The maximum Gasteiger partial charge on any atom is 0.243 e. The van der Waals surface area contributed by atoms with Crippen LogP contribution in [0.1, 0.15) is 5.76 Å². The first-order valence-corrected chi connectivity index (χ1v) is 9.06. The fourth-order valence-electron chi connectivity index (χ4n) is 1.90. The minimum atomic E-state index is -0.0437. The number of carbonyl (C=O) groups excluding carboxylic acids is 1. The summed E-state index contributed by atoms with van der Waals surface area (Å²) in [6.07, 6.45) is 1.63. The maximum atomic E-state index is 11.7. The third kappa shape index (κ3) is 7.34. The van der Waals surface area contributed by atoms with Crippen LogP contribution in [0.4, 0.5) is 0 Å². The van der Waals surface area contributed by atoms with Gasteiger partial charge in [-0.2, -0.15) is 0 Å². The molecule has 25 heavy (non-hydrogen) atoms. The van der Waals surface area contributed by atoms with Crippen LogP contribution in [0.5, 0.6) is 0 Å². The second-order valence-electron chi connectivity index (χ2n) is 5.47. The lowest BCUT2D eigenvalue weighted by Gasteiger charge is -2.13. The molecule has 0 fully saturated rings. The number of benzene rings is 1. The molecule has 2 N–H and O–H groups in total. The highest BCUT2D eigenvalue weighted by Crippen LogP contribution is 2.15. The molecule has 0 atom stereocenters. The molecular formula is C18H24N4O2S. The van der Waals surface area contributed by atoms with E-state index >= 15 is 0 Å². The van der Waals surface area contributed by atoms with Gasteiger partial charge < -0.3 is 20.0 Å². The molecule has 0 aliphatic heterocycles. The van der Waals surface area contributed by atoms with Crippen molar-refractivity contribution in [3.63, 3.8) is 0 Å². The Hall–Kier alpha value is -2.41. The average Bonchev–Trinajstić information content (AvgIpc) is 3.14. The first-order chi connectivity index (χ1) is 12.1. The van der Waals surface area contributed by atoms with Crippen molar-refractivity contribution in [1.29, 1.82) is 0 Å². The van der Waals surface area contributed by atoms with E-state index in [4.69, 9.17) is 4.42 Å². The van der Waals surface area contributed by atoms with Gasteiger partial charge in [-0.05, 0) is 24.3 Å². The van der Waals surface area contributed by atoms with Crippen LogP contribution in [0.2, 0.25) is 0 Å². The number of rotatable bonds is 8. The minimum absolute atomic E-state index is 0.0437. The van der Waals surface area contributed by atoms with Crippen LogP contribution < -0.4 is 10.6 Å². The van der Waals surface area contributed by atoms with Crippen molar-refractivity contribution >= 4 is 23.6 Å². The Morgan fingerprint density at radius 2 is 1.96 bits per heavy atom. The molecule has 2 aromatic rings. The van der Waals surface area contributed by atoms with Gasteiger partial charge in [0.2, 0.25) is 5.91 Å². The molecular weight excluding hydrogens is 336 g/mol. The smallest absolute Gasteiger partial charge is 0.243 e. The van der Waals surface area contributed by atoms with E-state index in [1.54, 1.807) is 32.1 Å². The van der Waals surface area contributed by atoms with Gasteiger partial charge in [0, 0.05) is 31.3 Å². The van der Waals surface area contributed by atoms with Crippen LogP contribution in [0.15, 0.2) is 63.0 Å². The molecule has 1 heterocycles. The van der Waals surface area contributed by atoms with Crippen molar-refractivity contribution in [3.05, 3.63) is 54.5 Å². The summed E-state index contributed by atoms with van der Waals surface area (Å²) in [5.74, 6) is 2.26. The van der Waals surface area contributed by atoms with Crippen molar-refractivity contribution in [2.45, 2.75) is 11.4 Å². The second kappa shape index (κ2) is 10.5. The Kier molecular flexibility index (Phi) is 7.91. The largest absolute Gasteiger partial charge is 0.467 e. The van der Waals surface area contributed by atoms with Gasteiger partial charge in [-0.3, -0.25) is 4.79 Å². The van der Waals surface area contributed by atoms with Crippen LogP contribution in [0.3, 0.4) is 0 Å². The number of hydrogen-bond acceptors (Lipinski definition) is 4. The molecule has 7 heteroatoms. The summed E-state index contributed by atoms with van der Waals surface area (Å²) in [5.41, 5.74) is 0. The van der Waals surface area contributed by atoms with E-state index in [-0.39, 0.29) is 12.5 Å². The summed E-state index contributed by atoms with van der Waals surface area (Å²) in [6.45, 7) is 1.35. The van der Waals surface area contributed by atoms with E-state index in [9.17, 15) is 4.79 Å². The van der Waals surface area contributed by atoms with Gasteiger partial charge in [0.25, 0.3) is 0 Å². The van der Waals surface area contributed by atoms with Crippen LogP contribution >= 0.6 is 11.8 Å². The monoisotopic (exact) mass is 360 g/mol. The number of thioether (sulfide) groups is 1. The van der Waals surface area contributed by atoms with Crippen molar-refractivity contribution in [2.75, 3.05) is 32.9 Å². The van der Waals surface area contributed by atoms with Crippen molar-refractivity contribution in [2.24, 2.45) is 4.99 Å². The zero-order chi connectivity index (χ0) is 17.9. The molecule has 1 aromatic heterocycles. The molecule has 0 aliphatic carbocycles. The molecule has 2 rings (SSSR count). The third-order valence-corrected chi connectivity index (χ3v) is 4.30. The predicted octanol–water partition coefficient (Wildman–Crippen LogP) is 2.20. The van der Waals surface area contributed by atoms with Crippen LogP contribution in [0.25, 0.3) is 0 Å². The molecule has 134 valence electrons. The molecule has 0 bridgehead atoms. The van der Waals surface area contributed by atoms with Crippen molar-refractivity contribution in [1.82, 2.24) is 15.5 Å². The highest BCUT2D eigenvalue weighted by atomic mass is 32.2. The van der Waals surface area contributed by atoms with Gasteiger partial charge in [0.15, 0.2) is 5.96 Å². The molecule has 1 aromatic carbocycles. The quantitative estimate of drug-likeness (QED) is 0.327. The Morgan fingerprint density at radius 1 is 1.16 bits per heavy atom. The maximum absolute atomic E-state index is 11.7. The fourth-order valence-corrected chi connectivity index (χ4v) is 2.69. The van der Waals surface area contributed by atoms with Gasteiger partial charge in [-0.1, -0.05) is 18.2 Å². The number of carbonyl (C=O) groups is 1. The lowest BCUT2D eigenvalue weighted by atomic mass is 10.4. The number of likely N-dealkylation sites (N-methyl/N-ethyl adjacent to an activating group) is 1. The van der Waals surface area contributed by atoms with Crippen LogP contribution in [0, 0.1) is 0 Å². The molecule has 0 saturated carbocycles. The van der Waals surface area contributed by atoms with Gasteiger partial charge in [-0.25, -0.2) is 4.99 Å². The summed E-state index contributed by atoms with van der Waals surface area (Å²) in [7, 11) is 3.44. The second-order valence-corrected chi connectivity index (χ2v) is 6.64. The summed E-state index contributed by atoms with van der Waals surface area (Å²) in [4.78, 5) is 18.8. The fraction of sp³-hybridized carbons (Fsp3) is 0.333. The number of guanidine groups is 1. The van der Waals surface area contributed by atoms with Crippen LogP contribution in [-0.2, 0) is 11.3 Å². The van der Waals surface area contributed by atoms with Crippen molar-refractivity contribution in [3.8, 4) is 0 Å². The number of amides is 1. The van der Waals surface area contributed by atoms with E-state index in [0.717, 1.165) is 18.1 Å². The summed E-state index contributed by atoms with van der Waals surface area (Å²) in [6, 6.07) is 14.0. The normalized spacial score (nSPS) is 11.2. The Bertz CT molecular complexity index is 657. The van der Waals surface area contributed by atoms with E-state index in [2.05, 4.69) is 27.8 Å². The standard InChI is InChI=1S/C18H24N4O2S/c1-22(2)17(23)14-21-18(20-13-15-7-6-11-24-15)19-10-12-25-16-8-4-3-5-9-16/h3-9,11H,10,12-14H2,1-2H3,(H2,19,20,21). The van der Waals surface area contributed by atoms with Gasteiger partial charge in [-0.15, -0.1) is 11.8 Å². The van der Waals surface area contributed by atoms with E-state index in [1.165, 1.54) is 9.80 Å². The molecule has 0 spiro atoms. The Labute approximate surface area is 152 Å². The lowest BCUT2D eigenvalue weighted by molar-refractivity contribution is -0.127. The summed E-state index contributed by atoms with van der Waals surface area (Å²) in [5, 5.41) is 6.43. The van der Waals surface area contributed by atoms with Gasteiger partial charge in [0.05, 0.1) is 12.8 Å². The van der Waals surface area contributed by atoms with E-state index in [0.29, 0.717) is 12.5 Å². The first kappa shape index (κ1) is 18.9. The minimum Gasteiger partial charge on any atom is -0.467 e. The average molecular weight is 360 g/mol. The molecule has 0 unspecified atom stereocenters. The number of nitrogens with zero attached hydrogens (tertiary/aromatic N) is 2. The summed E-state index contributed by atoms with van der Waals surface area (Å²) < 4.78 is 5.31. The predicted molar refractivity (Wildman–Crippen MR) is 102 cm³/mol. The van der Waals surface area contributed by atoms with Crippen LogP contribution in [-0.4, -0.2) is 49.7 Å². The van der Waals surface area contributed by atoms with Gasteiger partial charge >= 0.3 is 0 Å². The van der Waals surface area contributed by atoms with E-state index in [1.807, 2.05) is 30.3 Å². The molecule has 6 nitrogen and oxygen atoms in total.